The molecule has 4 N–H and O–H groups in total. The number of hydrazine groups is 1. The molecule has 0 atom stereocenters. The molecule has 0 aromatic heterocycles. The molecule has 0 radical (unpaired) electrons. The Morgan fingerprint density at radius 1 is 1.08 bits per heavy atom. The van der Waals surface area contributed by atoms with E-state index in [1.807, 2.05) is 6.26 Å². The third kappa shape index (κ3) is 7.01. The Balaban J connectivity index is 1.48. The lowest BCUT2D eigenvalue weighted by Gasteiger charge is -2.34. The van der Waals surface area contributed by atoms with Crippen molar-refractivity contribution in [1.29, 1.82) is 0 Å². The van der Waals surface area contributed by atoms with Crippen LogP contribution in [0.3, 0.4) is 0 Å². The van der Waals surface area contributed by atoms with Gasteiger partial charge in [0.15, 0.2) is 14.6 Å². The predicted molar refractivity (Wildman–Crippen MR) is 141 cm³/mol. The van der Waals surface area contributed by atoms with E-state index in [0.717, 1.165) is 4.90 Å². The topological polar surface area (TPSA) is 169 Å². The molecule has 0 saturated carbocycles. The van der Waals surface area contributed by atoms with Crippen molar-refractivity contribution in [3.05, 3.63) is 48.0 Å². The summed E-state index contributed by atoms with van der Waals surface area (Å²) in [7, 11) is -2.68. The average Bonchev–Trinajstić information content (AvgIpc) is 2.97. The van der Waals surface area contributed by atoms with E-state index in [0.29, 0.717) is 17.9 Å². The quantitative estimate of drug-likeness (QED) is 0.133. The van der Waals surface area contributed by atoms with Crippen molar-refractivity contribution >= 4 is 39.3 Å². The Hall–Kier alpha value is -3.33. The van der Waals surface area contributed by atoms with Gasteiger partial charge in [0.05, 0.1) is 24.2 Å². The Labute approximate surface area is 230 Å². The molecule has 14 heteroatoms. The molecule has 1 fully saturated rings. The van der Waals surface area contributed by atoms with Gasteiger partial charge < -0.3 is 14.2 Å². The smallest absolute Gasteiger partial charge is 0.273 e. The summed E-state index contributed by atoms with van der Waals surface area (Å²) in [4.78, 5) is 37.7. The minimum atomic E-state index is -4.13. The summed E-state index contributed by atoms with van der Waals surface area (Å²) in [5, 5.41) is 9.14. The van der Waals surface area contributed by atoms with Gasteiger partial charge in [-0.2, -0.15) is 0 Å². The minimum Gasteiger partial charge on any atom is -0.496 e. The van der Waals surface area contributed by atoms with E-state index in [9.17, 15) is 22.8 Å². The van der Waals surface area contributed by atoms with Crippen molar-refractivity contribution in [3.63, 3.8) is 0 Å². The highest BCUT2D eigenvalue weighted by Gasteiger charge is 2.52. The molecule has 3 amide bonds. The lowest BCUT2D eigenvalue weighted by Crippen LogP contribution is -2.54. The number of rotatable bonds is 11. The molecule has 0 unspecified atom stereocenters. The number of benzene rings is 2. The summed E-state index contributed by atoms with van der Waals surface area (Å²) in [5.41, 5.74) is 6.47. The number of thioether (sulfide) groups is 1. The van der Waals surface area contributed by atoms with Crippen LogP contribution in [0.1, 0.15) is 36.0 Å². The van der Waals surface area contributed by atoms with Gasteiger partial charge in [0.25, 0.3) is 11.8 Å². The van der Waals surface area contributed by atoms with Crippen LogP contribution in [-0.4, -0.2) is 69.3 Å². The highest BCUT2D eigenvalue weighted by Crippen LogP contribution is 2.35. The molecule has 1 saturated heterocycles. The number of methoxy groups -OCH3 is 1. The van der Waals surface area contributed by atoms with E-state index in [4.69, 9.17) is 19.4 Å². The van der Waals surface area contributed by atoms with Gasteiger partial charge in [-0.1, -0.05) is 0 Å². The number of amides is 3. The molecule has 39 heavy (non-hydrogen) atoms. The summed E-state index contributed by atoms with van der Waals surface area (Å²) in [6.45, 7) is 0.306. The maximum absolute atomic E-state index is 13.3. The third-order valence-electron chi connectivity index (χ3n) is 6.25. The summed E-state index contributed by atoms with van der Waals surface area (Å²) in [6.07, 6.45) is 2.13. The average molecular weight is 582 g/mol. The predicted octanol–water partition coefficient (Wildman–Crippen LogP) is 1.87. The zero-order chi connectivity index (χ0) is 28.5. The Bertz CT molecular complexity index is 1280. The van der Waals surface area contributed by atoms with Gasteiger partial charge in [-0.25, -0.2) is 13.9 Å². The first-order chi connectivity index (χ1) is 18.7. The molecule has 1 aliphatic heterocycles. The third-order valence-corrected chi connectivity index (χ3v) is 9.49. The van der Waals surface area contributed by atoms with Crippen LogP contribution in [0.15, 0.2) is 52.3 Å². The highest BCUT2D eigenvalue weighted by molar-refractivity contribution is 7.98. The lowest BCUT2D eigenvalue weighted by atomic mass is 9.98. The maximum atomic E-state index is 13.3. The summed E-state index contributed by atoms with van der Waals surface area (Å²) in [6, 6.07) is 10.7. The van der Waals surface area contributed by atoms with Crippen LogP contribution in [-0.2, 0) is 24.2 Å². The zero-order valence-electron chi connectivity index (χ0n) is 21.5. The van der Waals surface area contributed by atoms with Gasteiger partial charge in [0, 0.05) is 24.5 Å². The Kier molecular flexibility index (Phi) is 10.6. The van der Waals surface area contributed by atoms with E-state index in [1.165, 1.54) is 48.6 Å². The molecule has 212 valence electrons. The number of nitrogens with one attached hydrogen (secondary N) is 3. The van der Waals surface area contributed by atoms with Crippen molar-refractivity contribution in [1.82, 2.24) is 16.3 Å². The van der Waals surface area contributed by atoms with Crippen LogP contribution in [0.2, 0.25) is 0 Å². The van der Waals surface area contributed by atoms with Crippen LogP contribution < -0.4 is 25.8 Å². The fourth-order valence-corrected chi connectivity index (χ4v) is 6.40. The van der Waals surface area contributed by atoms with E-state index in [-0.39, 0.29) is 49.5 Å². The molecule has 0 aliphatic carbocycles. The van der Waals surface area contributed by atoms with Gasteiger partial charge in [-0.05, 0) is 68.0 Å². The number of ether oxygens (including phenoxy) is 3. The second-order valence-corrected chi connectivity index (χ2v) is 11.7. The van der Waals surface area contributed by atoms with Gasteiger partial charge >= 0.3 is 0 Å². The van der Waals surface area contributed by atoms with Gasteiger partial charge in [-0.15, -0.1) is 11.8 Å². The first-order valence-electron chi connectivity index (χ1n) is 12.0. The van der Waals surface area contributed by atoms with Gasteiger partial charge in [0.2, 0.25) is 5.91 Å². The number of hydroxylamine groups is 1. The molecule has 1 heterocycles. The van der Waals surface area contributed by atoms with E-state index >= 15 is 0 Å². The number of hydrogen-bond acceptors (Lipinski definition) is 10. The highest BCUT2D eigenvalue weighted by atomic mass is 32.2. The van der Waals surface area contributed by atoms with E-state index in [1.54, 1.807) is 18.2 Å². The molecule has 12 nitrogen and oxygen atoms in total. The van der Waals surface area contributed by atoms with Crippen molar-refractivity contribution in [2.24, 2.45) is 0 Å². The van der Waals surface area contributed by atoms with Crippen molar-refractivity contribution in [2.75, 3.05) is 33.2 Å². The molecule has 0 bridgehead atoms. The van der Waals surface area contributed by atoms with Crippen molar-refractivity contribution in [3.8, 4) is 11.5 Å². The Morgan fingerprint density at radius 2 is 1.77 bits per heavy atom. The standard InChI is InChI=1S/C25H31N3O9S2/c1-35-21-16-18(38-2)7-10-20(21)23(30)27-26-22(29)4-3-13-37-17-5-8-19(9-6-17)39(33,34)25(24(31)28-32)11-14-36-15-12-25/h5-10,16,32H,3-4,11-15H2,1-2H3,(H,26,29)(H,27,30)(H,28,31). The molecular formula is C25H31N3O9S2. The van der Waals surface area contributed by atoms with E-state index in [2.05, 4.69) is 10.9 Å². The number of carbonyl (C=O) groups is 3. The molecule has 2 aromatic rings. The minimum absolute atomic E-state index is 0.0656. The summed E-state index contributed by atoms with van der Waals surface area (Å²) >= 11 is 1.51. The first-order valence-corrected chi connectivity index (χ1v) is 14.7. The number of hydrogen-bond donors (Lipinski definition) is 4. The monoisotopic (exact) mass is 581 g/mol. The normalized spacial score (nSPS) is 14.6. The lowest BCUT2D eigenvalue weighted by molar-refractivity contribution is -0.134. The van der Waals surface area contributed by atoms with Crippen LogP contribution in [0, 0.1) is 0 Å². The fraction of sp³-hybridized carbons (Fsp3) is 0.400. The van der Waals surface area contributed by atoms with Crippen molar-refractivity contribution in [2.45, 2.75) is 40.2 Å². The molecule has 2 aromatic carbocycles. The second kappa shape index (κ2) is 13.6. The number of carbonyl (C=O) groups excluding carboxylic acids is 3. The molecule has 0 spiro atoms. The molecule has 1 aliphatic rings. The van der Waals surface area contributed by atoms with Gasteiger partial charge in [-0.3, -0.25) is 30.4 Å². The van der Waals surface area contributed by atoms with Crippen LogP contribution in [0.4, 0.5) is 0 Å². The van der Waals surface area contributed by atoms with E-state index < -0.39 is 32.3 Å². The first kappa shape index (κ1) is 30.2. The van der Waals surface area contributed by atoms with Crippen LogP contribution >= 0.6 is 11.8 Å². The largest absolute Gasteiger partial charge is 0.496 e. The second-order valence-electron chi connectivity index (χ2n) is 8.54. The molecule has 3 rings (SSSR count). The maximum Gasteiger partial charge on any atom is 0.273 e. The SMILES string of the molecule is COc1cc(SC)ccc1C(=O)NNC(=O)CCCOc1ccc(S(=O)(=O)C2(C(=O)NO)CCOCC2)cc1. The fourth-order valence-electron chi connectivity index (χ4n) is 4.03. The summed E-state index contributed by atoms with van der Waals surface area (Å²) in [5.74, 6) is -1.17. The van der Waals surface area contributed by atoms with Crippen LogP contribution in [0.25, 0.3) is 0 Å². The summed E-state index contributed by atoms with van der Waals surface area (Å²) < 4.78 is 40.8. The molecular weight excluding hydrogens is 550 g/mol. The van der Waals surface area contributed by atoms with Crippen molar-refractivity contribution < 1.29 is 42.2 Å². The number of sulfone groups is 1. The van der Waals surface area contributed by atoms with Crippen LogP contribution in [0.5, 0.6) is 11.5 Å². The van der Waals surface area contributed by atoms with Gasteiger partial charge in [0.1, 0.15) is 11.5 Å². The Morgan fingerprint density at radius 3 is 2.38 bits per heavy atom. The zero-order valence-corrected chi connectivity index (χ0v) is 23.2.